The number of ether oxygens (including phenoxy) is 1. The monoisotopic (exact) mass is 357 g/mol. The highest BCUT2D eigenvalue weighted by Gasteiger charge is 2.16. The third kappa shape index (κ3) is 4.91. The number of aliphatic carboxylic acids is 1. The van der Waals surface area contributed by atoms with Gasteiger partial charge in [-0.2, -0.15) is 0 Å². The number of amidine groups is 1. The summed E-state index contributed by atoms with van der Waals surface area (Å²) < 4.78 is 18.0. The first kappa shape index (κ1) is 18.7. The van der Waals surface area contributed by atoms with E-state index in [1.807, 2.05) is 0 Å². The van der Waals surface area contributed by atoms with Gasteiger partial charge in [-0.15, -0.1) is 0 Å². The van der Waals surface area contributed by atoms with Gasteiger partial charge in [-0.3, -0.25) is 4.79 Å². The van der Waals surface area contributed by atoms with E-state index in [9.17, 15) is 14.0 Å². The van der Waals surface area contributed by atoms with Crippen LogP contribution >= 0.6 is 0 Å². The second-order valence-corrected chi connectivity index (χ2v) is 5.09. The maximum atomic E-state index is 12.9. The van der Waals surface area contributed by atoms with E-state index in [4.69, 9.17) is 21.3 Å². The van der Waals surface area contributed by atoms with Crippen LogP contribution in [-0.4, -0.2) is 29.3 Å². The quantitative estimate of drug-likeness (QED) is 0.301. The lowest BCUT2D eigenvalue weighted by atomic mass is 10.0. The second-order valence-electron chi connectivity index (χ2n) is 5.09. The van der Waals surface area contributed by atoms with Crippen LogP contribution in [0.2, 0.25) is 0 Å². The van der Waals surface area contributed by atoms with Gasteiger partial charge in [-0.1, -0.05) is 12.1 Å². The third-order valence-electron chi connectivity index (χ3n) is 3.22. The Morgan fingerprint density at radius 1 is 1.19 bits per heavy atom. The fourth-order valence-electron chi connectivity index (χ4n) is 2.02. The topological polar surface area (TPSA) is 128 Å². The van der Waals surface area contributed by atoms with Gasteiger partial charge in [0.15, 0.2) is 12.4 Å². The summed E-state index contributed by atoms with van der Waals surface area (Å²) >= 11 is 0. The fourth-order valence-corrected chi connectivity index (χ4v) is 2.02. The largest absolute Gasteiger partial charge is 0.482 e. The molecule has 26 heavy (non-hydrogen) atoms. The molecule has 0 aliphatic carbocycles. The molecule has 8 heteroatoms. The molecule has 2 rings (SSSR count). The van der Waals surface area contributed by atoms with Crippen LogP contribution in [0.4, 0.5) is 10.1 Å². The molecule has 0 heterocycles. The molecule has 2 aromatic rings. The van der Waals surface area contributed by atoms with Crippen LogP contribution in [0.25, 0.3) is 0 Å². The van der Waals surface area contributed by atoms with Crippen LogP contribution in [0.15, 0.2) is 65.3 Å². The van der Waals surface area contributed by atoms with Crippen LogP contribution < -0.4 is 16.2 Å². The number of carbonyl (C=O) groups excluding carboxylic acids is 1. The molecule has 5 N–H and O–H groups in total. The molecular weight excluding hydrogens is 341 g/mol. The van der Waals surface area contributed by atoms with Crippen molar-refractivity contribution < 1.29 is 23.8 Å². The Kier molecular flexibility index (Phi) is 6.05. The van der Waals surface area contributed by atoms with Crippen molar-refractivity contribution in [2.24, 2.45) is 16.5 Å². The summed E-state index contributed by atoms with van der Waals surface area (Å²) in [6, 6.07) is 11.2. The van der Waals surface area contributed by atoms with E-state index < -0.39 is 24.2 Å². The Balaban J connectivity index is 2.24. The van der Waals surface area contributed by atoms with E-state index in [0.29, 0.717) is 5.69 Å². The number of benzene rings is 2. The molecule has 0 aromatic heterocycles. The SMILES string of the molecule is NC=C(C(=O)c1cccc(OCC(=O)O)c1)C(N)=Nc1ccc(F)cc1. The molecule has 0 radical (unpaired) electrons. The average molecular weight is 357 g/mol. The first-order valence-corrected chi connectivity index (χ1v) is 7.42. The molecule has 0 bridgehead atoms. The molecule has 2 aromatic carbocycles. The molecule has 0 saturated carbocycles. The predicted molar refractivity (Wildman–Crippen MR) is 93.9 cm³/mol. The van der Waals surface area contributed by atoms with E-state index in [2.05, 4.69) is 4.99 Å². The fraction of sp³-hybridized carbons (Fsp3) is 0.0556. The minimum Gasteiger partial charge on any atom is -0.482 e. The van der Waals surface area contributed by atoms with Crippen LogP contribution in [0, 0.1) is 5.82 Å². The highest BCUT2D eigenvalue weighted by Crippen LogP contribution is 2.18. The van der Waals surface area contributed by atoms with Crippen molar-refractivity contribution in [3.05, 3.63) is 71.7 Å². The zero-order valence-electron chi connectivity index (χ0n) is 13.6. The molecule has 7 nitrogen and oxygen atoms in total. The molecule has 0 amide bonds. The summed E-state index contributed by atoms with van der Waals surface area (Å²) in [5.74, 6) is -2.01. The standard InChI is InChI=1S/C18H16FN3O4/c19-12-4-6-13(7-5-12)22-18(21)15(9-20)17(25)11-2-1-3-14(8-11)26-10-16(23)24/h1-9H,10,20H2,(H2,21,22)(H,23,24). The van der Waals surface area contributed by atoms with E-state index >= 15 is 0 Å². The number of carboxylic acid groups (broad SMARTS) is 1. The molecule has 0 aliphatic heterocycles. The molecule has 0 saturated heterocycles. The average Bonchev–Trinajstić information content (AvgIpc) is 2.62. The summed E-state index contributed by atoms with van der Waals surface area (Å²) in [5, 5.41) is 8.64. The van der Waals surface area contributed by atoms with Crippen molar-refractivity contribution in [2.45, 2.75) is 0 Å². The number of carbonyl (C=O) groups is 2. The van der Waals surface area contributed by atoms with E-state index in [1.54, 1.807) is 0 Å². The smallest absolute Gasteiger partial charge is 0.341 e. The molecule has 0 aliphatic rings. The van der Waals surface area contributed by atoms with Gasteiger partial charge >= 0.3 is 5.97 Å². The summed E-state index contributed by atoms with van der Waals surface area (Å²) in [5.41, 5.74) is 11.9. The highest BCUT2D eigenvalue weighted by molar-refractivity contribution is 6.27. The Morgan fingerprint density at radius 2 is 1.88 bits per heavy atom. The molecule has 0 atom stereocenters. The zero-order chi connectivity index (χ0) is 19.1. The highest BCUT2D eigenvalue weighted by atomic mass is 19.1. The minimum absolute atomic E-state index is 0.0512. The lowest BCUT2D eigenvalue weighted by molar-refractivity contribution is -0.139. The lowest BCUT2D eigenvalue weighted by Crippen LogP contribution is -2.22. The van der Waals surface area contributed by atoms with Gasteiger partial charge in [-0.05, 0) is 36.4 Å². The Hall–Kier alpha value is -3.68. The van der Waals surface area contributed by atoms with Gasteiger partial charge in [0.25, 0.3) is 0 Å². The molecular formula is C18H16FN3O4. The van der Waals surface area contributed by atoms with Gasteiger partial charge in [0.05, 0.1) is 11.3 Å². The van der Waals surface area contributed by atoms with Crippen LogP contribution in [0.1, 0.15) is 10.4 Å². The van der Waals surface area contributed by atoms with Crippen LogP contribution in [0.5, 0.6) is 5.75 Å². The number of hydrogen-bond acceptors (Lipinski definition) is 5. The first-order valence-electron chi connectivity index (χ1n) is 7.42. The van der Waals surface area contributed by atoms with Crippen LogP contribution in [-0.2, 0) is 4.79 Å². The number of Topliss-reactive ketones (excluding diaryl/α,β-unsaturated/α-hetero) is 1. The van der Waals surface area contributed by atoms with Gasteiger partial charge < -0.3 is 21.3 Å². The molecule has 0 unspecified atom stereocenters. The maximum Gasteiger partial charge on any atom is 0.341 e. The first-order chi connectivity index (χ1) is 12.4. The number of hydrogen-bond donors (Lipinski definition) is 3. The number of halogens is 1. The maximum absolute atomic E-state index is 12.9. The predicted octanol–water partition coefficient (Wildman–Crippen LogP) is 2.00. The van der Waals surface area contributed by atoms with Crippen molar-refractivity contribution in [1.29, 1.82) is 0 Å². The number of nitrogens with two attached hydrogens (primary N) is 2. The van der Waals surface area contributed by atoms with Crippen molar-refractivity contribution in [3.8, 4) is 5.75 Å². The molecule has 134 valence electrons. The Bertz CT molecular complexity index is 876. The molecule has 0 fully saturated rings. The van der Waals surface area contributed by atoms with Gasteiger partial charge in [0.1, 0.15) is 17.4 Å². The van der Waals surface area contributed by atoms with E-state index in [-0.39, 0.29) is 22.7 Å². The van der Waals surface area contributed by atoms with Crippen molar-refractivity contribution in [2.75, 3.05) is 6.61 Å². The number of ketones is 1. The zero-order valence-corrected chi connectivity index (χ0v) is 13.6. The number of carboxylic acids is 1. The van der Waals surface area contributed by atoms with Crippen LogP contribution in [0.3, 0.4) is 0 Å². The summed E-state index contributed by atoms with van der Waals surface area (Å²) in [4.78, 5) is 27.2. The Labute approximate surface area is 148 Å². The second kappa shape index (κ2) is 8.43. The minimum atomic E-state index is -1.14. The summed E-state index contributed by atoms with van der Waals surface area (Å²) in [6.45, 7) is -0.536. The lowest BCUT2D eigenvalue weighted by Gasteiger charge is -2.08. The van der Waals surface area contributed by atoms with Crippen molar-refractivity contribution >= 4 is 23.3 Å². The summed E-state index contributed by atoms with van der Waals surface area (Å²) in [7, 11) is 0. The Morgan fingerprint density at radius 3 is 2.50 bits per heavy atom. The molecule has 0 spiro atoms. The van der Waals surface area contributed by atoms with Crippen molar-refractivity contribution in [1.82, 2.24) is 0 Å². The van der Waals surface area contributed by atoms with Gasteiger partial charge in [0, 0.05) is 11.8 Å². The third-order valence-corrected chi connectivity index (χ3v) is 3.22. The van der Waals surface area contributed by atoms with Crippen molar-refractivity contribution in [3.63, 3.8) is 0 Å². The summed E-state index contributed by atoms with van der Waals surface area (Å²) in [6.07, 6.45) is 1.02. The van der Waals surface area contributed by atoms with Gasteiger partial charge in [-0.25, -0.2) is 14.2 Å². The van der Waals surface area contributed by atoms with Gasteiger partial charge in [0.2, 0.25) is 0 Å². The normalized spacial score (nSPS) is 11.9. The number of nitrogens with zero attached hydrogens (tertiary/aromatic N) is 1. The number of rotatable bonds is 7. The van der Waals surface area contributed by atoms with E-state index in [0.717, 1.165) is 6.20 Å². The number of aliphatic imine (C=N–C) groups is 1. The van der Waals surface area contributed by atoms with E-state index in [1.165, 1.54) is 48.5 Å².